The highest BCUT2D eigenvalue weighted by Crippen LogP contribution is 2.36. The lowest BCUT2D eigenvalue weighted by Gasteiger charge is -2.25. The Labute approximate surface area is 209 Å². The van der Waals surface area contributed by atoms with Gasteiger partial charge in [-0.05, 0) is 60.0 Å². The highest BCUT2D eigenvalue weighted by atomic mass is 16.5. The Bertz CT molecular complexity index is 1370. The molecule has 2 N–H and O–H groups in total. The van der Waals surface area contributed by atoms with Gasteiger partial charge >= 0.3 is 0 Å². The molecule has 1 aromatic heterocycles. The number of anilines is 2. The second kappa shape index (κ2) is 10.0. The smallest absolute Gasteiger partial charge is 0.231 e. The molecule has 0 fully saturated rings. The van der Waals surface area contributed by atoms with Crippen LogP contribution in [0, 0.1) is 5.92 Å². The molecule has 36 heavy (non-hydrogen) atoms. The van der Waals surface area contributed by atoms with Crippen LogP contribution >= 0.6 is 0 Å². The highest BCUT2D eigenvalue weighted by molar-refractivity contribution is 5.95. The molecule has 4 aromatic rings. The van der Waals surface area contributed by atoms with Crippen molar-refractivity contribution in [1.29, 1.82) is 0 Å². The molecule has 1 aliphatic heterocycles. The predicted molar refractivity (Wildman–Crippen MR) is 139 cm³/mol. The maximum atomic E-state index is 13.3. The summed E-state index contributed by atoms with van der Waals surface area (Å²) >= 11 is 0. The van der Waals surface area contributed by atoms with E-state index >= 15 is 0 Å². The van der Waals surface area contributed by atoms with Crippen LogP contribution in [0.25, 0.3) is 11.1 Å². The van der Waals surface area contributed by atoms with E-state index in [0.29, 0.717) is 30.2 Å². The van der Waals surface area contributed by atoms with Crippen molar-refractivity contribution >= 4 is 17.3 Å². The summed E-state index contributed by atoms with van der Waals surface area (Å²) in [6, 6.07) is 19.1. The van der Waals surface area contributed by atoms with Crippen molar-refractivity contribution in [2.45, 2.75) is 6.42 Å². The highest BCUT2D eigenvalue weighted by Gasteiger charge is 2.27. The molecular formula is C28H28N4O4. The van der Waals surface area contributed by atoms with E-state index in [-0.39, 0.29) is 11.8 Å². The fraction of sp³-hybridized carbons (Fsp3) is 0.214. The standard InChI is InChI=1S/C28H28N4O4/c1-32(2)22-5-4-6-24(14-22)36-27-13-18(21-15-29-30-16-21)7-9-25(27)31-28(33)20-11-19-12-23(34-3)8-10-26(19)35-17-20/h4-10,12-16,20H,11,17H2,1-3H3,(H,29,30)(H,31,33)/t20-/m1/s1. The number of carbonyl (C=O) groups excluding carboxylic acids is 1. The van der Waals surface area contributed by atoms with E-state index in [9.17, 15) is 4.79 Å². The Morgan fingerprint density at radius 1 is 1.08 bits per heavy atom. The molecule has 0 radical (unpaired) electrons. The lowest BCUT2D eigenvalue weighted by Crippen LogP contribution is -2.32. The Morgan fingerprint density at radius 3 is 2.75 bits per heavy atom. The minimum atomic E-state index is -0.344. The second-order valence-electron chi connectivity index (χ2n) is 8.87. The maximum Gasteiger partial charge on any atom is 0.231 e. The van der Waals surface area contributed by atoms with Crippen LogP contribution in [0.1, 0.15) is 5.56 Å². The fourth-order valence-electron chi connectivity index (χ4n) is 4.15. The number of methoxy groups -OCH3 is 1. The molecule has 0 saturated heterocycles. The van der Waals surface area contributed by atoms with Crippen molar-refractivity contribution in [2.75, 3.05) is 38.0 Å². The Kier molecular flexibility index (Phi) is 6.49. The summed E-state index contributed by atoms with van der Waals surface area (Å²) in [4.78, 5) is 15.3. The van der Waals surface area contributed by atoms with Gasteiger partial charge in [0.05, 0.1) is 24.9 Å². The van der Waals surface area contributed by atoms with Crippen LogP contribution in [0.15, 0.2) is 73.1 Å². The summed E-state index contributed by atoms with van der Waals surface area (Å²) in [7, 11) is 5.58. The monoisotopic (exact) mass is 484 g/mol. The molecule has 5 rings (SSSR count). The molecule has 8 heteroatoms. The quantitative estimate of drug-likeness (QED) is 0.378. The zero-order valence-electron chi connectivity index (χ0n) is 20.4. The van der Waals surface area contributed by atoms with Gasteiger partial charge in [0.15, 0.2) is 5.75 Å². The summed E-state index contributed by atoms with van der Waals surface area (Å²) in [5.74, 6) is 2.26. The number of ether oxygens (including phenoxy) is 3. The normalized spacial score (nSPS) is 14.4. The molecule has 1 amide bonds. The van der Waals surface area contributed by atoms with Gasteiger partial charge in [0.2, 0.25) is 5.91 Å². The Morgan fingerprint density at radius 2 is 1.97 bits per heavy atom. The Hall–Kier alpha value is -4.46. The number of benzene rings is 3. The fourth-order valence-corrected chi connectivity index (χ4v) is 4.15. The van der Waals surface area contributed by atoms with Crippen molar-refractivity contribution in [3.05, 3.63) is 78.6 Å². The number of carbonyl (C=O) groups is 1. The van der Waals surface area contributed by atoms with Crippen molar-refractivity contribution in [3.63, 3.8) is 0 Å². The molecule has 1 aliphatic rings. The summed E-state index contributed by atoms with van der Waals surface area (Å²) in [6.45, 7) is 0.305. The van der Waals surface area contributed by atoms with Crippen LogP contribution < -0.4 is 24.4 Å². The minimum absolute atomic E-state index is 0.133. The van der Waals surface area contributed by atoms with Gasteiger partial charge in [-0.2, -0.15) is 5.10 Å². The molecular weight excluding hydrogens is 456 g/mol. The third-order valence-electron chi connectivity index (χ3n) is 6.18. The third kappa shape index (κ3) is 4.98. The van der Waals surface area contributed by atoms with Crippen LogP contribution in [0.5, 0.6) is 23.0 Å². The summed E-state index contributed by atoms with van der Waals surface area (Å²) < 4.78 is 17.5. The van der Waals surface area contributed by atoms with E-state index in [1.807, 2.05) is 85.9 Å². The first-order chi connectivity index (χ1) is 17.5. The van der Waals surface area contributed by atoms with Gasteiger partial charge in [-0.3, -0.25) is 9.89 Å². The summed E-state index contributed by atoms with van der Waals surface area (Å²) in [5.41, 5.74) is 4.39. The number of amides is 1. The lowest BCUT2D eigenvalue weighted by molar-refractivity contribution is -0.121. The van der Waals surface area contributed by atoms with Gasteiger partial charge in [0.1, 0.15) is 23.9 Å². The second-order valence-corrected chi connectivity index (χ2v) is 8.87. The van der Waals surface area contributed by atoms with Gasteiger partial charge in [0, 0.05) is 37.6 Å². The van der Waals surface area contributed by atoms with Crippen LogP contribution in [0.4, 0.5) is 11.4 Å². The lowest BCUT2D eigenvalue weighted by atomic mass is 9.95. The number of hydrogen-bond donors (Lipinski definition) is 2. The molecule has 0 saturated carbocycles. The number of nitrogens with zero attached hydrogens (tertiary/aromatic N) is 2. The van der Waals surface area contributed by atoms with Gasteiger partial charge in [-0.25, -0.2) is 0 Å². The van der Waals surface area contributed by atoms with Gasteiger partial charge in [-0.1, -0.05) is 12.1 Å². The van der Waals surface area contributed by atoms with Crippen molar-refractivity contribution in [3.8, 4) is 34.1 Å². The molecule has 0 spiro atoms. The van der Waals surface area contributed by atoms with E-state index in [4.69, 9.17) is 14.2 Å². The average molecular weight is 485 g/mol. The number of nitrogens with one attached hydrogen (secondary N) is 2. The Balaban J connectivity index is 1.41. The zero-order valence-corrected chi connectivity index (χ0v) is 20.4. The van der Waals surface area contributed by atoms with Crippen molar-refractivity contribution in [2.24, 2.45) is 5.92 Å². The van der Waals surface area contributed by atoms with E-state index in [0.717, 1.165) is 33.9 Å². The molecule has 3 aromatic carbocycles. The minimum Gasteiger partial charge on any atom is -0.497 e. The molecule has 2 heterocycles. The summed E-state index contributed by atoms with van der Waals surface area (Å²) in [6.07, 6.45) is 4.12. The number of rotatable bonds is 7. The van der Waals surface area contributed by atoms with Crippen LogP contribution in [-0.2, 0) is 11.2 Å². The first kappa shape index (κ1) is 23.3. The topological polar surface area (TPSA) is 88.7 Å². The number of H-pyrrole nitrogens is 1. The van der Waals surface area contributed by atoms with E-state index in [1.165, 1.54) is 0 Å². The van der Waals surface area contributed by atoms with Crippen LogP contribution in [0.2, 0.25) is 0 Å². The van der Waals surface area contributed by atoms with E-state index < -0.39 is 0 Å². The largest absolute Gasteiger partial charge is 0.497 e. The number of aromatic amines is 1. The number of hydrogen-bond acceptors (Lipinski definition) is 6. The third-order valence-corrected chi connectivity index (χ3v) is 6.18. The van der Waals surface area contributed by atoms with Gasteiger partial charge < -0.3 is 24.4 Å². The van der Waals surface area contributed by atoms with Gasteiger partial charge in [0.25, 0.3) is 0 Å². The number of aromatic nitrogens is 2. The zero-order chi connectivity index (χ0) is 25.1. The van der Waals surface area contributed by atoms with Gasteiger partial charge in [-0.15, -0.1) is 0 Å². The summed E-state index contributed by atoms with van der Waals surface area (Å²) in [5, 5.41) is 9.94. The van der Waals surface area contributed by atoms with Crippen LogP contribution in [-0.4, -0.2) is 43.9 Å². The van der Waals surface area contributed by atoms with E-state index in [2.05, 4.69) is 15.5 Å². The molecule has 0 aliphatic carbocycles. The van der Waals surface area contributed by atoms with Crippen LogP contribution in [0.3, 0.4) is 0 Å². The average Bonchev–Trinajstić information content (AvgIpc) is 3.44. The van der Waals surface area contributed by atoms with Crippen molar-refractivity contribution < 1.29 is 19.0 Å². The predicted octanol–water partition coefficient (Wildman–Crippen LogP) is 5.13. The van der Waals surface area contributed by atoms with E-state index in [1.54, 1.807) is 13.3 Å². The maximum absolute atomic E-state index is 13.3. The molecule has 0 bridgehead atoms. The SMILES string of the molecule is COc1ccc2c(c1)C[C@@H](C(=O)Nc1ccc(-c3cn[nH]c3)cc1Oc1cccc(N(C)C)c1)CO2. The number of fused-ring (bicyclic) bond motifs is 1. The molecule has 1 atom stereocenters. The molecule has 0 unspecified atom stereocenters. The van der Waals surface area contributed by atoms with Crippen molar-refractivity contribution in [1.82, 2.24) is 10.2 Å². The first-order valence-corrected chi connectivity index (χ1v) is 11.7. The molecule has 8 nitrogen and oxygen atoms in total. The molecule has 184 valence electrons. The first-order valence-electron chi connectivity index (χ1n) is 11.7.